The quantitative estimate of drug-likeness (QED) is 0.946. The number of nitriles is 1. The van der Waals surface area contributed by atoms with Crippen LogP contribution in [0.1, 0.15) is 21.7 Å². The molecule has 0 aliphatic carbocycles. The Morgan fingerprint density at radius 3 is 2.82 bits per heavy atom. The second kappa shape index (κ2) is 6.73. The molecule has 0 fully saturated rings. The van der Waals surface area contributed by atoms with Crippen LogP contribution in [0.25, 0.3) is 6.08 Å². The molecule has 2 N–H and O–H groups in total. The Hall–Kier alpha value is -2.16. The van der Waals surface area contributed by atoms with Gasteiger partial charge >= 0.3 is 0 Å². The molecule has 112 valence electrons. The van der Waals surface area contributed by atoms with Gasteiger partial charge in [-0.3, -0.25) is 4.90 Å². The third-order valence-electron chi connectivity index (χ3n) is 3.83. The van der Waals surface area contributed by atoms with Gasteiger partial charge in [0.15, 0.2) is 5.13 Å². The summed E-state index contributed by atoms with van der Waals surface area (Å²) in [5.41, 5.74) is 8.78. The van der Waals surface area contributed by atoms with Crippen molar-refractivity contribution in [3.8, 4) is 6.07 Å². The smallest absolute Gasteiger partial charge is 0.180 e. The summed E-state index contributed by atoms with van der Waals surface area (Å²) in [6, 6.07) is 9.77. The molecule has 3 rings (SSSR count). The van der Waals surface area contributed by atoms with E-state index in [2.05, 4.69) is 28.1 Å². The van der Waals surface area contributed by atoms with Crippen LogP contribution in [0.4, 0.5) is 5.13 Å². The minimum absolute atomic E-state index is 0.694. The summed E-state index contributed by atoms with van der Waals surface area (Å²) in [5, 5.41) is 9.48. The number of nitrogens with two attached hydrogens (primary N) is 1. The Kier molecular flexibility index (Phi) is 4.52. The minimum Gasteiger partial charge on any atom is -0.375 e. The van der Waals surface area contributed by atoms with E-state index in [4.69, 9.17) is 11.0 Å². The molecule has 0 bridgehead atoms. The molecule has 0 unspecified atom stereocenters. The van der Waals surface area contributed by atoms with E-state index < -0.39 is 0 Å². The number of nitrogen functional groups attached to an aromatic ring is 1. The molecule has 22 heavy (non-hydrogen) atoms. The van der Waals surface area contributed by atoms with Crippen molar-refractivity contribution in [1.82, 2.24) is 9.88 Å². The number of benzene rings is 1. The average Bonchev–Trinajstić information content (AvgIpc) is 2.80. The zero-order valence-corrected chi connectivity index (χ0v) is 13.1. The zero-order valence-electron chi connectivity index (χ0n) is 12.3. The van der Waals surface area contributed by atoms with Crippen LogP contribution in [0, 0.1) is 11.3 Å². The van der Waals surface area contributed by atoms with E-state index in [0.717, 1.165) is 38.0 Å². The van der Waals surface area contributed by atoms with E-state index >= 15 is 0 Å². The first-order valence-electron chi connectivity index (χ1n) is 7.38. The van der Waals surface area contributed by atoms with Gasteiger partial charge < -0.3 is 5.73 Å². The molecule has 4 nitrogen and oxygen atoms in total. The molecular weight excluding hydrogens is 292 g/mol. The maximum atomic E-state index is 8.79. The fraction of sp³-hybridized carbons (Fsp3) is 0.294. The van der Waals surface area contributed by atoms with Crippen molar-refractivity contribution in [3.05, 3.63) is 52.0 Å². The SMILES string of the molecule is N#Cc1ccc(/C=C\CN2CCc3nc(N)sc3CC2)cc1. The first-order valence-corrected chi connectivity index (χ1v) is 8.19. The third-order valence-corrected chi connectivity index (χ3v) is 4.81. The van der Waals surface area contributed by atoms with Crippen LogP contribution >= 0.6 is 11.3 Å². The van der Waals surface area contributed by atoms with Gasteiger partial charge in [-0.05, 0) is 24.1 Å². The number of nitrogens with zero attached hydrogens (tertiary/aromatic N) is 3. The zero-order chi connectivity index (χ0) is 15.4. The molecular formula is C17H18N4S. The lowest BCUT2D eigenvalue weighted by molar-refractivity contribution is 0.318. The maximum Gasteiger partial charge on any atom is 0.180 e. The molecule has 0 radical (unpaired) electrons. The van der Waals surface area contributed by atoms with Crippen LogP contribution in [-0.4, -0.2) is 29.5 Å². The van der Waals surface area contributed by atoms with Gasteiger partial charge in [0.25, 0.3) is 0 Å². The molecule has 2 heterocycles. The fourth-order valence-electron chi connectivity index (χ4n) is 2.62. The average molecular weight is 310 g/mol. The van der Waals surface area contributed by atoms with Crippen LogP contribution in [0.3, 0.4) is 0 Å². The van der Waals surface area contributed by atoms with Crippen LogP contribution in [0.2, 0.25) is 0 Å². The van der Waals surface area contributed by atoms with Crippen molar-refractivity contribution < 1.29 is 0 Å². The topological polar surface area (TPSA) is 65.9 Å². The van der Waals surface area contributed by atoms with Crippen molar-refractivity contribution in [2.45, 2.75) is 12.8 Å². The second-order valence-corrected chi connectivity index (χ2v) is 6.47. The van der Waals surface area contributed by atoms with Gasteiger partial charge in [-0.2, -0.15) is 5.26 Å². The minimum atomic E-state index is 0.694. The molecule has 5 heteroatoms. The van der Waals surface area contributed by atoms with Crippen LogP contribution in [-0.2, 0) is 12.8 Å². The molecule has 0 atom stereocenters. The number of anilines is 1. The lowest BCUT2D eigenvalue weighted by Gasteiger charge is -2.17. The molecule has 1 aromatic heterocycles. The Morgan fingerprint density at radius 2 is 2.05 bits per heavy atom. The molecule has 0 spiro atoms. The molecule has 0 saturated carbocycles. The number of hydrogen-bond acceptors (Lipinski definition) is 5. The van der Waals surface area contributed by atoms with Crippen molar-refractivity contribution in [2.24, 2.45) is 0 Å². The lowest BCUT2D eigenvalue weighted by Crippen LogP contribution is -2.26. The van der Waals surface area contributed by atoms with Crippen LogP contribution in [0.5, 0.6) is 0 Å². The van der Waals surface area contributed by atoms with Gasteiger partial charge in [0.2, 0.25) is 0 Å². The van der Waals surface area contributed by atoms with Crippen LogP contribution in [0.15, 0.2) is 30.3 Å². The number of thiazole rings is 1. The summed E-state index contributed by atoms with van der Waals surface area (Å²) in [6.07, 6.45) is 6.31. The van der Waals surface area contributed by atoms with Crippen LogP contribution < -0.4 is 5.73 Å². The Bertz CT molecular complexity index is 684. The molecule has 0 amide bonds. The fourth-order valence-corrected chi connectivity index (χ4v) is 3.49. The van der Waals surface area contributed by atoms with E-state index in [1.54, 1.807) is 11.3 Å². The third kappa shape index (κ3) is 3.53. The molecule has 0 saturated heterocycles. The normalized spacial score (nSPS) is 15.4. The van der Waals surface area contributed by atoms with Crippen molar-refractivity contribution in [1.29, 1.82) is 5.26 Å². The summed E-state index contributed by atoms with van der Waals surface area (Å²) in [6.45, 7) is 3.00. The highest BCUT2D eigenvalue weighted by atomic mass is 32.1. The summed E-state index contributed by atoms with van der Waals surface area (Å²) in [4.78, 5) is 8.19. The van der Waals surface area contributed by atoms with Crippen molar-refractivity contribution >= 4 is 22.5 Å². The van der Waals surface area contributed by atoms with Crippen molar-refractivity contribution in [3.63, 3.8) is 0 Å². The number of rotatable bonds is 3. The Balaban J connectivity index is 1.54. The monoisotopic (exact) mass is 310 g/mol. The summed E-state index contributed by atoms with van der Waals surface area (Å²) in [5.74, 6) is 0. The molecule has 1 aliphatic rings. The highest BCUT2D eigenvalue weighted by molar-refractivity contribution is 7.15. The van der Waals surface area contributed by atoms with Gasteiger partial charge in [0.1, 0.15) is 0 Å². The number of hydrogen-bond donors (Lipinski definition) is 1. The molecule has 1 aliphatic heterocycles. The van der Waals surface area contributed by atoms with E-state index in [-0.39, 0.29) is 0 Å². The van der Waals surface area contributed by atoms with Crippen molar-refractivity contribution in [2.75, 3.05) is 25.4 Å². The predicted molar refractivity (Wildman–Crippen MR) is 90.6 cm³/mol. The van der Waals surface area contributed by atoms with Gasteiger partial charge in [0, 0.05) is 30.9 Å². The highest BCUT2D eigenvalue weighted by Crippen LogP contribution is 2.24. The Labute approximate surface area is 134 Å². The number of aromatic nitrogens is 1. The molecule has 1 aromatic carbocycles. The predicted octanol–water partition coefficient (Wildman–Crippen LogP) is 2.71. The van der Waals surface area contributed by atoms with Gasteiger partial charge in [-0.25, -0.2) is 4.98 Å². The van der Waals surface area contributed by atoms with Gasteiger partial charge in [-0.15, -0.1) is 11.3 Å². The van der Waals surface area contributed by atoms with E-state index in [9.17, 15) is 0 Å². The highest BCUT2D eigenvalue weighted by Gasteiger charge is 2.16. The maximum absolute atomic E-state index is 8.79. The lowest BCUT2D eigenvalue weighted by atomic mass is 10.1. The summed E-state index contributed by atoms with van der Waals surface area (Å²) >= 11 is 1.63. The number of fused-ring (bicyclic) bond motifs is 1. The summed E-state index contributed by atoms with van der Waals surface area (Å²) < 4.78 is 0. The first-order chi connectivity index (χ1) is 10.7. The standard InChI is InChI=1S/C17H18N4S/c18-12-14-5-3-13(4-6-14)2-1-9-21-10-7-15-16(8-11-21)22-17(19)20-15/h1-6H,7-11H2,(H2,19,20)/b2-1-. The largest absolute Gasteiger partial charge is 0.375 e. The molecule has 2 aromatic rings. The van der Waals surface area contributed by atoms with E-state index in [1.807, 2.05) is 24.3 Å². The van der Waals surface area contributed by atoms with Gasteiger partial charge in [0.05, 0.1) is 17.3 Å². The second-order valence-electron chi connectivity index (χ2n) is 5.36. The Morgan fingerprint density at radius 1 is 1.27 bits per heavy atom. The van der Waals surface area contributed by atoms with Gasteiger partial charge in [-0.1, -0.05) is 24.3 Å². The van der Waals surface area contributed by atoms with E-state index in [0.29, 0.717) is 10.7 Å². The summed E-state index contributed by atoms with van der Waals surface area (Å²) in [7, 11) is 0. The van der Waals surface area contributed by atoms with E-state index in [1.165, 1.54) is 10.6 Å². The first kappa shape index (κ1) is 14.8.